The van der Waals surface area contributed by atoms with Gasteiger partial charge in [-0.3, -0.25) is 4.68 Å². The first-order valence-electron chi connectivity index (χ1n) is 17.1. The largest absolute Gasteiger partial charge is 0.383 e. The van der Waals surface area contributed by atoms with Gasteiger partial charge in [0.15, 0.2) is 11.6 Å². The molecule has 4 heterocycles. The Labute approximate surface area is 303 Å². The van der Waals surface area contributed by atoms with E-state index in [1.807, 2.05) is 34.9 Å². The van der Waals surface area contributed by atoms with E-state index in [1.54, 1.807) is 51.6 Å². The Morgan fingerprint density at radius 3 is 1.88 bits per heavy atom. The Kier molecular flexibility index (Phi) is 13.6. The maximum absolute atomic E-state index is 14.3. The molecule has 0 radical (unpaired) electrons. The van der Waals surface area contributed by atoms with Crippen LogP contribution in [-0.2, 0) is 32.5 Å². The second-order valence-electron chi connectivity index (χ2n) is 12.3. The van der Waals surface area contributed by atoms with Crippen molar-refractivity contribution in [1.29, 1.82) is 5.26 Å². The van der Waals surface area contributed by atoms with Crippen LogP contribution in [0.4, 0.5) is 33.9 Å². The molecule has 0 aliphatic carbocycles. The highest BCUT2D eigenvalue weighted by molar-refractivity contribution is 5.95. The number of methoxy groups -OCH3 is 4. The number of halogens is 1. The molecule has 3 aromatic heterocycles. The van der Waals surface area contributed by atoms with Crippen LogP contribution in [0.2, 0.25) is 0 Å². The number of nitrogens with zero attached hydrogens (tertiary/aromatic N) is 13. The Morgan fingerprint density at radius 2 is 1.35 bits per heavy atom. The van der Waals surface area contributed by atoms with Crippen molar-refractivity contribution in [1.82, 2.24) is 34.7 Å². The Morgan fingerprint density at radius 1 is 0.788 bits per heavy atom. The van der Waals surface area contributed by atoms with Crippen LogP contribution in [0.15, 0.2) is 24.5 Å². The standard InChI is InChI=1S/C34H48FN13O4/c1-43(23-25-7-8-27(35)26(21-25)22-36)30-28-29(39-33(40-30)47(13-17-49-3)14-18-50-4)31(41-34(38-28)48(15-19-51-5)16-20-52-6)45-9-11-46(12-10-45)32-37-24-44(2)42-32/h7-8,21,24H,9-20,23H2,1-6H3. The average molecular weight is 722 g/mol. The van der Waals surface area contributed by atoms with Gasteiger partial charge in [-0.15, -0.1) is 5.10 Å². The van der Waals surface area contributed by atoms with Crippen molar-refractivity contribution in [3.8, 4) is 6.07 Å². The van der Waals surface area contributed by atoms with Crippen molar-refractivity contribution >= 4 is 40.5 Å². The molecule has 0 spiro atoms. The second-order valence-corrected chi connectivity index (χ2v) is 12.3. The zero-order valence-corrected chi connectivity index (χ0v) is 30.8. The SMILES string of the molecule is COCCN(CCOC)c1nc(N2CCN(c3ncn(C)n3)CC2)c2nc(N(CCOC)CCOC)nc(N(C)Cc3ccc(F)c(C#N)c3)c2n1. The zero-order valence-electron chi connectivity index (χ0n) is 30.8. The van der Waals surface area contributed by atoms with E-state index >= 15 is 0 Å². The van der Waals surface area contributed by atoms with E-state index < -0.39 is 5.82 Å². The Balaban J connectivity index is 1.67. The summed E-state index contributed by atoms with van der Waals surface area (Å²) < 4.78 is 37.8. The summed E-state index contributed by atoms with van der Waals surface area (Å²) in [5.74, 6) is 2.27. The highest BCUT2D eigenvalue weighted by Gasteiger charge is 2.28. The molecular weight excluding hydrogens is 673 g/mol. The fourth-order valence-electron chi connectivity index (χ4n) is 5.86. The number of ether oxygens (including phenoxy) is 4. The fraction of sp³-hybridized carbons (Fsp3) is 0.559. The van der Waals surface area contributed by atoms with E-state index in [0.717, 1.165) is 5.56 Å². The summed E-state index contributed by atoms with van der Waals surface area (Å²) in [4.78, 5) is 35.4. The summed E-state index contributed by atoms with van der Waals surface area (Å²) >= 11 is 0. The molecular formula is C34H48FN13O4. The lowest BCUT2D eigenvalue weighted by Gasteiger charge is -2.36. The molecule has 4 aromatic rings. The van der Waals surface area contributed by atoms with E-state index in [0.29, 0.717) is 126 Å². The molecule has 0 amide bonds. The fourth-order valence-corrected chi connectivity index (χ4v) is 5.86. The van der Waals surface area contributed by atoms with Gasteiger partial charge in [0.25, 0.3) is 0 Å². The lowest BCUT2D eigenvalue weighted by Crippen LogP contribution is -2.47. The van der Waals surface area contributed by atoms with Crippen molar-refractivity contribution in [2.24, 2.45) is 7.05 Å². The van der Waals surface area contributed by atoms with E-state index in [2.05, 4.69) is 19.9 Å². The van der Waals surface area contributed by atoms with Crippen LogP contribution in [0.25, 0.3) is 11.0 Å². The van der Waals surface area contributed by atoms with Crippen LogP contribution in [0.1, 0.15) is 11.1 Å². The van der Waals surface area contributed by atoms with Gasteiger partial charge in [-0.05, 0) is 17.7 Å². The highest BCUT2D eigenvalue weighted by atomic mass is 19.1. The molecule has 0 atom stereocenters. The minimum absolute atomic E-state index is 0.0247. The Hall–Kier alpha value is -4.96. The number of nitriles is 1. The molecule has 0 unspecified atom stereocenters. The molecule has 1 aliphatic rings. The third-order valence-electron chi connectivity index (χ3n) is 8.69. The second kappa shape index (κ2) is 18.5. The first-order valence-corrected chi connectivity index (χ1v) is 17.1. The molecule has 1 aromatic carbocycles. The van der Waals surface area contributed by atoms with Crippen LogP contribution in [0, 0.1) is 17.1 Å². The molecule has 0 N–H and O–H groups in total. The van der Waals surface area contributed by atoms with Gasteiger partial charge in [0, 0.05) is 101 Å². The van der Waals surface area contributed by atoms with Crippen molar-refractivity contribution in [3.63, 3.8) is 0 Å². The molecule has 52 heavy (non-hydrogen) atoms. The number of fused-ring (bicyclic) bond motifs is 1. The predicted octanol–water partition coefficient (Wildman–Crippen LogP) is 1.72. The minimum atomic E-state index is -0.566. The number of hydrogen-bond donors (Lipinski definition) is 0. The first-order chi connectivity index (χ1) is 25.3. The van der Waals surface area contributed by atoms with Crippen LogP contribution < -0.4 is 24.5 Å². The third kappa shape index (κ3) is 9.28. The molecule has 0 bridgehead atoms. The lowest BCUT2D eigenvalue weighted by molar-refractivity contribution is 0.189. The van der Waals surface area contributed by atoms with Crippen molar-refractivity contribution < 1.29 is 23.3 Å². The Bertz CT molecular complexity index is 1780. The van der Waals surface area contributed by atoms with Crippen molar-refractivity contribution in [3.05, 3.63) is 41.5 Å². The number of rotatable bonds is 19. The summed E-state index contributed by atoms with van der Waals surface area (Å²) in [5.41, 5.74) is 1.83. The molecule has 5 rings (SSSR count). The van der Waals surface area contributed by atoms with Gasteiger partial charge in [0.2, 0.25) is 17.8 Å². The quantitative estimate of drug-likeness (QED) is 0.138. The van der Waals surface area contributed by atoms with Crippen LogP contribution in [0.3, 0.4) is 0 Å². The number of benzene rings is 1. The maximum Gasteiger partial charge on any atom is 0.244 e. The van der Waals surface area contributed by atoms with Gasteiger partial charge in [-0.2, -0.15) is 15.2 Å². The number of hydrogen-bond acceptors (Lipinski definition) is 16. The van der Waals surface area contributed by atoms with Crippen LogP contribution in [-0.4, -0.2) is 149 Å². The van der Waals surface area contributed by atoms with Crippen molar-refractivity contribution in [2.45, 2.75) is 6.54 Å². The van der Waals surface area contributed by atoms with Gasteiger partial charge < -0.3 is 43.4 Å². The van der Waals surface area contributed by atoms with Gasteiger partial charge in [-0.25, -0.2) is 19.3 Å². The summed E-state index contributed by atoms with van der Waals surface area (Å²) in [6.07, 6.45) is 1.70. The zero-order chi connectivity index (χ0) is 37.0. The van der Waals surface area contributed by atoms with Gasteiger partial charge in [-0.1, -0.05) is 6.07 Å². The van der Waals surface area contributed by atoms with Gasteiger partial charge in [0.1, 0.15) is 29.2 Å². The third-order valence-corrected chi connectivity index (χ3v) is 8.69. The molecule has 0 saturated carbocycles. The molecule has 18 heteroatoms. The van der Waals surface area contributed by atoms with Crippen molar-refractivity contribution in [2.75, 3.05) is 139 Å². The molecule has 1 saturated heterocycles. The monoisotopic (exact) mass is 721 g/mol. The topological polar surface area (TPSA) is 159 Å². The molecule has 1 fully saturated rings. The number of aromatic nitrogens is 7. The maximum atomic E-state index is 14.3. The number of anilines is 5. The summed E-state index contributed by atoms with van der Waals surface area (Å²) in [6, 6.07) is 6.47. The minimum Gasteiger partial charge on any atom is -0.383 e. The summed E-state index contributed by atoms with van der Waals surface area (Å²) in [5, 5.41) is 14.0. The smallest absolute Gasteiger partial charge is 0.244 e. The molecule has 17 nitrogen and oxygen atoms in total. The number of piperazine rings is 1. The van der Waals surface area contributed by atoms with Crippen LogP contribution in [0.5, 0.6) is 0 Å². The predicted molar refractivity (Wildman–Crippen MR) is 196 cm³/mol. The van der Waals surface area contributed by atoms with Gasteiger partial charge in [0.05, 0.1) is 32.0 Å². The van der Waals surface area contributed by atoms with E-state index in [-0.39, 0.29) is 5.56 Å². The molecule has 280 valence electrons. The summed E-state index contributed by atoms with van der Waals surface area (Å²) in [6.45, 7) is 6.83. The number of aryl methyl sites for hydroxylation is 1. The van der Waals surface area contributed by atoms with Crippen LogP contribution >= 0.6 is 0 Å². The lowest BCUT2D eigenvalue weighted by atomic mass is 10.1. The average Bonchev–Trinajstić information content (AvgIpc) is 3.61. The van der Waals surface area contributed by atoms with E-state index in [4.69, 9.17) is 38.9 Å². The molecule has 1 aliphatic heterocycles. The normalized spacial score (nSPS) is 13.1. The first kappa shape index (κ1) is 38.3. The highest BCUT2D eigenvalue weighted by Crippen LogP contribution is 2.34. The van der Waals surface area contributed by atoms with E-state index in [1.165, 1.54) is 6.07 Å². The van der Waals surface area contributed by atoms with Gasteiger partial charge >= 0.3 is 0 Å². The van der Waals surface area contributed by atoms with E-state index in [9.17, 15) is 9.65 Å². The summed E-state index contributed by atoms with van der Waals surface area (Å²) in [7, 11) is 10.4.